The van der Waals surface area contributed by atoms with Gasteiger partial charge in [0.2, 0.25) is 0 Å². The molecule has 2 aromatic rings. The Morgan fingerprint density at radius 2 is 1.00 bits per heavy atom. The molecule has 0 fully saturated rings. The SMILES string of the molecule is C.CC(C)OB(OC(C)C)OC(C)C.CC(C)OB(OC(C)C)c1ccc(F)cn1.CC(C)[O-].Fc1ccc(Br)nc1.[CH2-]CCC.[Li+].[Li+]. The minimum Gasteiger partial charge on any atom is -0.852 e. The fourth-order valence-corrected chi connectivity index (χ4v) is 2.55. The van der Waals surface area contributed by atoms with Crippen molar-refractivity contribution < 1.29 is 74.9 Å². The summed E-state index contributed by atoms with van der Waals surface area (Å²) >= 11 is 3.07. The number of hydrogen-bond donors (Lipinski definition) is 0. The molecule has 268 valence electrons. The molecule has 0 N–H and O–H groups in total. The summed E-state index contributed by atoms with van der Waals surface area (Å²) in [6.45, 7) is 28.4. The summed E-state index contributed by atoms with van der Waals surface area (Å²) in [5.41, 5.74) is 0.587. The molecule has 2 heterocycles. The summed E-state index contributed by atoms with van der Waals surface area (Å²) in [5, 5.41) is 9.53. The number of nitrogens with zero attached hydrogens (tertiary/aromatic N) is 2. The van der Waals surface area contributed by atoms with E-state index in [1.54, 1.807) is 26.0 Å². The Morgan fingerprint density at radius 1 is 0.688 bits per heavy atom. The fourth-order valence-electron chi connectivity index (χ4n) is 2.31. The zero-order valence-electron chi connectivity index (χ0n) is 31.7. The van der Waals surface area contributed by atoms with Crippen molar-refractivity contribution >= 4 is 36.0 Å². The van der Waals surface area contributed by atoms with Gasteiger partial charge >= 0.3 is 52.2 Å². The van der Waals surface area contributed by atoms with Crippen LogP contribution in [0.5, 0.6) is 0 Å². The summed E-state index contributed by atoms with van der Waals surface area (Å²) in [6, 6.07) is 5.82. The molecule has 0 saturated heterocycles. The Labute approximate surface area is 325 Å². The summed E-state index contributed by atoms with van der Waals surface area (Å²) in [4.78, 5) is 7.58. The van der Waals surface area contributed by atoms with Gasteiger partial charge in [0.1, 0.15) is 16.2 Å². The molecule has 0 aromatic carbocycles. The molecule has 48 heavy (non-hydrogen) atoms. The molecule has 0 radical (unpaired) electrons. The molecular formula is C33H61B2BrF2Li2N2O6. The van der Waals surface area contributed by atoms with Crippen LogP contribution in [-0.4, -0.2) is 61.0 Å². The van der Waals surface area contributed by atoms with Crippen molar-refractivity contribution in [2.24, 2.45) is 0 Å². The van der Waals surface area contributed by atoms with Crippen LogP contribution in [0.15, 0.2) is 41.3 Å². The molecule has 0 amide bonds. The molecule has 0 saturated carbocycles. The Hall–Kier alpha value is -0.275. The zero-order chi connectivity index (χ0) is 35.5. The maximum atomic E-state index is 12.7. The normalized spacial score (nSPS) is 9.83. The van der Waals surface area contributed by atoms with E-state index in [9.17, 15) is 13.9 Å². The summed E-state index contributed by atoms with van der Waals surface area (Å²) in [5.74, 6) is -0.676. The predicted molar refractivity (Wildman–Crippen MR) is 190 cm³/mol. The van der Waals surface area contributed by atoms with Crippen LogP contribution in [0.1, 0.15) is 110 Å². The molecule has 0 bridgehead atoms. The van der Waals surface area contributed by atoms with E-state index in [2.05, 4.69) is 39.7 Å². The standard InChI is InChI=1S/C11H17BFNO2.C9H21BO3.C5H3BrFN.C4H9.C3H7O.CH4.2Li/c1-8(2)15-12(16-9(3)4)11-6-5-10(13)7-14-11;1-7(2)11-10(12-8(3)4)13-9(5)6;6-5-2-1-4(7)3-8-5;1-3-4-2;1-3(2)4;;;/h5-9H,1-4H3;7-9H,1-6H3;1-3H;1,3-4H2,2H3;3H,1-2H3;1H4;;/q;;;2*-1;;2*+1. The van der Waals surface area contributed by atoms with Crippen molar-refractivity contribution in [2.45, 2.75) is 147 Å². The molecule has 0 atom stereocenters. The van der Waals surface area contributed by atoms with Crippen LogP contribution in [0.4, 0.5) is 8.78 Å². The monoisotopic (exact) mass is 734 g/mol. The Kier molecular flexibility index (Phi) is 47.3. The Morgan fingerprint density at radius 3 is 1.21 bits per heavy atom. The van der Waals surface area contributed by atoms with Gasteiger partial charge in [0.05, 0.1) is 18.0 Å². The molecule has 0 aliphatic rings. The minimum atomic E-state index is -0.542. The first-order valence-corrected chi connectivity index (χ1v) is 16.2. The number of halogens is 3. The van der Waals surface area contributed by atoms with E-state index in [0.717, 1.165) is 18.8 Å². The maximum Gasteiger partial charge on any atom is 1.00 e. The molecule has 2 rings (SSSR count). The molecule has 8 nitrogen and oxygen atoms in total. The van der Waals surface area contributed by atoms with E-state index < -0.39 is 20.5 Å². The first kappa shape index (κ1) is 59.8. The summed E-state index contributed by atoms with van der Waals surface area (Å²) in [6.07, 6.45) is 4.57. The van der Waals surface area contributed by atoms with Gasteiger partial charge < -0.3 is 35.3 Å². The summed E-state index contributed by atoms with van der Waals surface area (Å²) < 4.78 is 52.8. The van der Waals surface area contributed by atoms with Gasteiger partial charge in [-0.15, -0.1) is 6.10 Å². The van der Waals surface area contributed by atoms with Gasteiger partial charge in [-0.1, -0.05) is 34.6 Å². The van der Waals surface area contributed by atoms with Gasteiger partial charge in [-0.25, -0.2) is 13.8 Å². The van der Waals surface area contributed by atoms with Crippen LogP contribution in [0, 0.1) is 18.6 Å². The van der Waals surface area contributed by atoms with E-state index in [4.69, 9.17) is 23.3 Å². The third kappa shape index (κ3) is 45.7. The largest absolute Gasteiger partial charge is 1.00 e. The van der Waals surface area contributed by atoms with Crippen LogP contribution < -0.4 is 48.4 Å². The molecular weight excluding hydrogens is 674 g/mol. The third-order valence-corrected chi connectivity index (χ3v) is 4.45. The van der Waals surface area contributed by atoms with Crippen molar-refractivity contribution in [3.8, 4) is 0 Å². The first-order valence-electron chi connectivity index (χ1n) is 15.4. The van der Waals surface area contributed by atoms with Crippen LogP contribution in [0.25, 0.3) is 0 Å². The molecule has 0 spiro atoms. The van der Waals surface area contributed by atoms with Gasteiger partial charge in [0.15, 0.2) is 0 Å². The quantitative estimate of drug-likeness (QED) is 0.186. The molecule has 2 aromatic heterocycles. The average molecular weight is 735 g/mol. The van der Waals surface area contributed by atoms with Crippen LogP contribution >= 0.6 is 15.9 Å². The first-order chi connectivity index (χ1) is 20.8. The Bertz CT molecular complexity index is 866. The second-order valence-corrected chi connectivity index (χ2v) is 12.0. The van der Waals surface area contributed by atoms with Crippen molar-refractivity contribution in [3.63, 3.8) is 0 Å². The van der Waals surface area contributed by atoms with Crippen LogP contribution in [0.2, 0.25) is 0 Å². The van der Waals surface area contributed by atoms with Crippen molar-refractivity contribution in [1.82, 2.24) is 9.97 Å². The van der Waals surface area contributed by atoms with Crippen molar-refractivity contribution in [3.05, 3.63) is 59.8 Å². The number of unbranched alkanes of at least 4 members (excludes halogenated alkanes) is 1. The van der Waals surface area contributed by atoms with Crippen LogP contribution in [0.3, 0.4) is 0 Å². The smallest absolute Gasteiger partial charge is 0.852 e. The topological polar surface area (TPSA) is 95.0 Å². The molecule has 0 aliphatic carbocycles. The van der Waals surface area contributed by atoms with Crippen LogP contribution in [-0.2, 0) is 23.3 Å². The number of hydrogen-bond acceptors (Lipinski definition) is 8. The fraction of sp³-hybridized carbons (Fsp3) is 0.667. The second-order valence-electron chi connectivity index (χ2n) is 11.1. The predicted octanol–water partition coefficient (Wildman–Crippen LogP) is 2.02. The second kappa shape index (κ2) is 38.0. The van der Waals surface area contributed by atoms with Gasteiger partial charge in [-0.3, -0.25) is 4.98 Å². The van der Waals surface area contributed by atoms with E-state index >= 15 is 0 Å². The number of pyridine rings is 2. The number of rotatable bonds is 12. The van der Waals surface area contributed by atoms with Gasteiger partial charge in [-0.05, 0) is 109 Å². The number of aromatic nitrogens is 2. The Balaban J connectivity index is -0.000000124. The molecule has 0 unspecified atom stereocenters. The van der Waals surface area contributed by atoms with E-state index in [1.165, 1.54) is 18.6 Å². The average Bonchev–Trinajstić information content (AvgIpc) is 2.89. The van der Waals surface area contributed by atoms with Crippen molar-refractivity contribution in [2.75, 3.05) is 0 Å². The maximum absolute atomic E-state index is 12.7. The molecule has 0 aliphatic heterocycles. The zero-order valence-corrected chi connectivity index (χ0v) is 33.3. The van der Waals surface area contributed by atoms with Gasteiger partial charge in [0.25, 0.3) is 0 Å². The van der Waals surface area contributed by atoms with Gasteiger partial charge in [-0.2, -0.15) is 6.42 Å². The third-order valence-electron chi connectivity index (χ3n) is 3.98. The minimum absolute atomic E-state index is 0. The molecule has 15 heteroatoms. The van der Waals surface area contributed by atoms with Gasteiger partial charge in [0, 0.05) is 30.5 Å². The van der Waals surface area contributed by atoms with E-state index in [0.29, 0.717) is 10.2 Å². The summed E-state index contributed by atoms with van der Waals surface area (Å²) in [7, 11) is -1.08. The van der Waals surface area contributed by atoms with E-state index in [1.807, 2.05) is 69.2 Å². The van der Waals surface area contributed by atoms with Crippen molar-refractivity contribution in [1.29, 1.82) is 0 Å². The van der Waals surface area contributed by atoms with E-state index in [-0.39, 0.29) is 87.3 Å².